The molecule has 0 radical (unpaired) electrons. The molecular weight excluding hydrogens is 383 g/mol. The second-order valence-electron chi connectivity index (χ2n) is 7.45. The van der Waals surface area contributed by atoms with Gasteiger partial charge >= 0.3 is 0 Å². The number of amides is 1. The topological polar surface area (TPSA) is 84.3 Å². The zero-order valence-corrected chi connectivity index (χ0v) is 16.2. The summed E-state index contributed by atoms with van der Waals surface area (Å²) in [6.07, 6.45) is 4.84. The summed E-state index contributed by atoms with van der Waals surface area (Å²) in [6.45, 7) is 1.72. The second-order valence-corrected chi connectivity index (χ2v) is 9.60. The number of aromatic nitrogens is 2. The Morgan fingerprint density at radius 1 is 1.14 bits per heavy atom. The fraction of sp³-hybridized carbons (Fsp3) is 0.474. The summed E-state index contributed by atoms with van der Waals surface area (Å²) in [4.78, 5) is 14.9. The largest absolute Gasteiger partial charge is 0.345 e. The zero-order valence-electron chi connectivity index (χ0n) is 15.4. The lowest BCUT2D eigenvalue weighted by atomic mass is 10.0. The number of halogens is 1. The van der Waals surface area contributed by atoms with Crippen LogP contribution in [0, 0.1) is 5.82 Å². The smallest absolute Gasteiger partial charge is 0.272 e. The standard InChI is InChI=1S/C19H23FN4O3S/c20-14-5-4-6-15(11-14)24-10-7-16(22-24)19(25)21-17-12-28(26,27)13-18(17)23-8-2-1-3-9-23/h4-7,10-11,17-18H,1-3,8-9,12-13H2,(H,21,25). The maximum atomic E-state index is 13.4. The van der Waals surface area contributed by atoms with Crippen molar-refractivity contribution >= 4 is 15.7 Å². The van der Waals surface area contributed by atoms with E-state index >= 15 is 0 Å². The van der Waals surface area contributed by atoms with E-state index in [0.717, 1.165) is 32.4 Å². The van der Waals surface area contributed by atoms with E-state index in [9.17, 15) is 17.6 Å². The Labute approximate surface area is 163 Å². The molecular formula is C19H23FN4O3S. The van der Waals surface area contributed by atoms with E-state index in [-0.39, 0.29) is 29.1 Å². The average Bonchev–Trinajstić information content (AvgIpc) is 3.27. The van der Waals surface area contributed by atoms with Crippen LogP contribution in [-0.2, 0) is 9.84 Å². The van der Waals surface area contributed by atoms with Gasteiger partial charge in [0.15, 0.2) is 15.5 Å². The van der Waals surface area contributed by atoms with Crippen LogP contribution >= 0.6 is 0 Å². The number of nitrogens with zero attached hydrogens (tertiary/aromatic N) is 3. The quantitative estimate of drug-likeness (QED) is 0.830. The molecule has 0 aliphatic carbocycles. The Balaban J connectivity index is 1.49. The lowest BCUT2D eigenvalue weighted by molar-refractivity contribution is 0.0894. The van der Waals surface area contributed by atoms with Gasteiger partial charge in [-0.15, -0.1) is 0 Å². The predicted octanol–water partition coefficient (Wildman–Crippen LogP) is 1.39. The fourth-order valence-electron chi connectivity index (χ4n) is 4.03. The first-order valence-corrected chi connectivity index (χ1v) is 11.3. The maximum Gasteiger partial charge on any atom is 0.272 e. The van der Waals surface area contributed by atoms with E-state index in [1.54, 1.807) is 24.4 Å². The van der Waals surface area contributed by atoms with Crippen molar-refractivity contribution in [3.05, 3.63) is 48.0 Å². The van der Waals surface area contributed by atoms with Crippen LogP contribution in [0.1, 0.15) is 29.8 Å². The van der Waals surface area contributed by atoms with Gasteiger partial charge in [0.2, 0.25) is 0 Å². The highest BCUT2D eigenvalue weighted by atomic mass is 32.2. The molecule has 0 spiro atoms. The van der Waals surface area contributed by atoms with E-state index in [4.69, 9.17) is 0 Å². The van der Waals surface area contributed by atoms with Gasteiger partial charge in [0.1, 0.15) is 5.82 Å². The molecule has 0 bridgehead atoms. The highest BCUT2D eigenvalue weighted by molar-refractivity contribution is 7.91. The zero-order chi connectivity index (χ0) is 19.7. The van der Waals surface area contributed by atoms with E-state index in [1.807, 2.05) is 0 Å². The lowest BCUT2D eigenvalue weighted by Gasteiger charge is -2.34. The van der Waals surface area contributed by atoms with Crippen molar-refractivity contribution in [2.24, 2.45) is 0 Å². The Hall–Kier alpha value is -2.26. The van der Waals surface area contributed by atoms with Crippen LogP contribution in [0.15, 0.2) is 36.5 Å². The summed E-state index contributed by atoms with van der Waals surface area (Å²) >= 11 is 0. The molecule has 1 aromatic heterocycles. The second kappa shape index (κ2) is 7.63. The molecule has 2 fully saturated rings. The molecule has 2 saturated heterocycles. The highest BCUT2D eigenvalue weighted by Gasteiger charge is 2.42. The predicted molar refractivity (Wildman–Crippen MR) is 103 cm³/mol. The van der Waals surface area contributed by atoms with Gasteiger partial charge in [0.05, 0.1) is 23.2 Å². The number of likely N-dealkylation sites (tertiary alicyclic amines) is 1. The fourth-order valence-corrected chi connectivity index (χ4v) is 5.98. The molecule has 3 heterocycles. The summed E-state index contributed by atoms with van der Waals surface area (Å²) < 4.78 is 39.2. The third-order valence-electron chi connectivity index (χ3n) is 5.39. The van der Waals surface area contributed by atoms with Crippen LogP contribution in [0.2, 0.25) is 0 Å². The van der Waals surface area contributed by atoms with Crippen molar-refractivity contribution < 1.29 is 17.6 Å². The van der Waals surface area contributed by atoms with Crippen molar-refractivity contribution in [2.45, 2.75) is 31.3 Å². The summed E-state index contributed by atoms with van der Waals surface area (Å²) in [5.74, 6) is -0.779. The number of hydrogen-bond acceptors (Lipinski definition) is 5. The van der Waals surface area contributed by atoms with Gasteiger partial charge in [-0.3, -0.25) is 9.69 Å². The van der Waals surface area contributed by atoms with Crippen LogP contribution in [0.3, 0.4) is 0 Å². The molecule has 2 atom stereocenters. The molecule has 2 aliphatic rings. The Bertz CT molecular complexity index is 969. The SMILES string of the molecule is O=C(NC1CS(=O)(=O)CC1N1CCCCC1)c1ccn(-c2cccc(F)c2)n1. The molecule has 2 unspecified atom stereocenters. The van der Waals surface area contributed by atoms with E-state index in [2.05, 4.69) is 15.3 Å². The average molecular weight is 406 g/mol. The highest BCUT2D eigenvalue weighted by Crippen LogP contribution is 2.22. The summed E-state index contributed by atoms with van der Waals surface area (Å²) in [6, 6.07) is 6.81. The number of hydrogen-bond donors (Lipinski definition) is 1. The molecule has 28 heavy (non-hydrogen) atoms. The van der Waals surface area contributed by atoms with Crippen molar-refractivity contribution in [1.82, 2.24) is 20.0 Å². The Morgan fingerprint density at radius 2 is 1.93 bits per heavy atom. The number of sulfone groups is 1. The summed E-state index contributed by atoms with van der Waals surface area (Å²) in [5.41, 5.74) is 0.680. The summed E-state index contributed by atoms with van der Waals surface area (Å²) in [5, 5.41) is 7.08. The maximum absolute atomic E-state index is 13.4. The summed E-state index contributed by atoms with van der Waals surface area (Å²) in [7, 11) is -3.19. The van der Waals surface area contributed by atoms with Crippen LogP contribution < -0.4 is 5.32 Å². The number of benzene rings is 1. The van der Waals surface area contributed by atoms with Crippen LogP contribution in [0.5, 0.6) is 0 Å². The van der Waals surface area contributed by atoms with Crippen LogP contribution in [0.25, 0.3) is 5.69 Å². The van der Waals surface area contributed by atoms with Gasteiger partial charge in [0.25, 0.3) is 5.91 Å². The molecule has 2 aromatic rings. The number of piperidine rings is 1. The number of rotatable bonds is 4. The lowest BCUT2D eigenvalue weighted by Crippen LogP contribution is -2.52. The normalized spacial score (nSPS) is 24.9. The minimum absolute atomic E-state index is 0.0511. The molecule has 150 valence electrons. The monoisotopic (exact) mass is 406 g/mol. The molecule has 2 aliphatic heterocycles. The Morgan fingerprint density at radius 3 is 2.68 bits per heavy atom. The third-order valence-corrected chi connectivity index (χ3v) is 7.11. The van der Waals surface area contributed by atoms with Crippen molar-refractivity contribution in [3.8, 4) is 5.69 Å². The number of carbonyl (C=O) groups is 1. The van der Waals surface area contributed by atoms with E-state index < -0.39 is 21.8 Å². The molecule has 9 heteroatoms. The van der Waals surface area contributed by atoms with Gasteiger partial charge < -0.3 is 5.32 Å². The van der Waals surface area contributed by atoms with Crippen LogP contribution in [0.4, 0.5) is 4.39 Å². The molecule has 1 N–H and O–H groups in total. The molecule has 7 nitrogen and oxygen atoms in total. The van der Waals surface area contributed by atoms with E-state index in [1.165, 1.54) is 16.8 Å². The third kappa shape index (κ3) is 4.10. The van der Waals surface area contributed by atoms with Gasteiger partial charge in [-0.25, -0.2) is 17.5 Å². The number of nitrogens with one attached hydrogen (secondary N) is 1. The van der Waals surface area contributed by atoms with E-state index in [0.29, 0.717) is 5.69 Å². The first kappa shape index (κ1) is 19.1. The van der Waals surface area contributed by atoms with Gasteiger partial charge in [-0.1, -0.05) is 12.5 Å². The van der Waals surface area contributed by atoms with Gasteiger partial charge in [-0.2, -0.15) is 5.10 Å². The van der Waals surface area contributed by atoms with Crippen molar-refractivity contribution in [1.29, 1.82) is 0 Å². The molecule has 1 amide bonds. The molecule has 0 saturated carbocycles. The first-order chi connectivity index (χ1) is 13.4. The van der Waals surface area contributed by atoms with Crippen LogP contribution in [-0.4, -0.2) is 65.7 Å². The Kier molecular flexibility index (Phi) is 5.20. The molecule has 4 rings (SSSR count). The first-order valence-electron chi connectivity index (χ1n) is 9.48. The number of carbonyl (C=O) groups excluding carboxylic acids is 1. The van der Waals surface area contributed by atoms with Gasteiger partial charge in [-0.05, 0) is 50.2 Å². The van der Waals surface area contributed by atoms with Crippen molar-refractivity contribution in [3.63, 3.8) is 0 Å². The minimum Gasteiger partial charge on any atom is -0.345 e. The van der Waals surface area contributed by atoms with Crippen molar-refractivity contribution in [2.75, 3.05) is 24.6 Å². The van der Waals surface area contributed by atoms with Gasteiger partial charge in [0, 0.05) is 12.2 Å². The minimum atomic E-state index is -3.19. The molecule has 1 aromatic carbocycles.